The van der Waals surface area contributed by atoms with Crippen molar-refractivity contribution in [1.29, 1.82) is 0 Å². The molecule has 0 aliphatic carbocycles. The van der Waals surface area contributed by atoms with E-state index in [1.165, 1.54) is 180 Å². The van der Waals surface area contributed by atoms with Crippen LogP contribution in [-0.2, 0) is 0 Å². The maximum Gasteiger partial charge on any atom is 0.0766 e. The van der Waals surface area contributed by atoms with Gasteiger partial charge in [0, 0.05) is 0 Å². The summed E-state index contributed by atoms with van der Waals surface area (Å²) in [5.41, 5.74) is 0. The monoisotopic (exact) mass is 487 g/mol. The van der Waals surface area contributed by atoms with Gasteiger partial charge in [-0.1, -0.05) is 167 Å². The zero-order chi connectivity index (χ0) is 23.4. The molecule has 1 nitrogen and oxygen atoms in total. The number of quaternary nitrogens is 1. The van der Waals surface area contributed by atoms with Gasteiger partial charge >= 0.3 is 0 Å². The van der Waals surface area contributed by atoms with Crippen molar-refractivity contribution in [3.8, 4) is 0 Å². The summed E-state index contributed by atoms with van der Waals surface area (Å²) in [7, 11) is 4.53. The van der Waals surface area contributed by atoms with E-state index in [0.29, 0.717) is 0 Å². The van der Waals surface area contributed by atoms with Crippen LogP contribution in [0.2, 0.25) is 0 Å². The van der Waals surface area contributed by atoms with Gasteiger partial charge in [-0.3, -0.25) is 0 Å². The van der Waals surface area contributed by atoms with E-state index in [-0.39, 0.29) is 12.4 Å². The van der Waals surface area contributed by atoms with Crippen molar-refractivity contribution in [3.63, 3.8) is 0 Å². The van der Waals surface area contributed by atoms with Crippen molar-refractivity contribution in [1.82, 2.24) is 0 Å². The summed E-state index contributed by atoms with van der Waals surface area (Å²) in [6.07, 6.45) is 39.9. The first kappa shape index (κ1) is 35.4. The fourth-order valence-corrected chi connectivity index (χ4v) is 4.97. The second-order valence-electron chi connectivity index (χ2n) is 11.1. The van der Waals surface area contributed by atoms with Gasteiger partial charge in [-0.2, -0.15) is 0 Å². The molecule has 2 heteroatoms. The molecule has 0 amide bonds. The standard InChI is InChI=1S/C31H65N.ClH/c1-4-5-6-7-8-9-10-11-12-13-14-15-16-17-18-19-20-21-22-23-24-25-26-27-28-29-30-31-32(2)3;/h4-31H2,1-3H3;1H. The Hall–Kier alpha value is 0.250. The van der Waals surface area contributed by atoms with Gasteiger partial charge in [0.25, 0.3) is 0 Å². The summed E-state index contributed by atoms with van der Waals surface area (Å²) in [5, 5.41) is 0. The fourth-order valence-electron chi connectivity index (χ4n) is 4.97. The molecule has 0 bridgehead atoms. The summed E-state index contributed by atoms with van der Waals surface area (Å²) < 4.78 is 0. The van der Waals surface area contributed by atoms with Crippen LogP contribution in [0.4, 0.5) is 0 Å². The van der Waals surface area contributed by atoms with Gasteiger partial charge in [-0.05, 0) is 12.8 Å². The molecule has 0 aromatic carbocycles. The van der Waals surface area contributed by atoms with Crippen molar-refractivity contribution in [2.45, 2.75) is 180 Å². The van der Waals surface area contributed by atoms with E-state index in [4.69, 9.17) is 0 Å². The molecule has 0 aliphatic rings. The molecule has 0 saturated carbocycles. The lowest BCUT2D eigenvalue weighted by Gasteiger charge is -2.06. The lowest BCUT2D eigenvalue weighted by molar-refractivity contribution is -0.858. The van der Waals surface area contributed by atoms with Crippen LogP contribution in [-0.4, -0.2) is 20.6 Å². The number of rotatable bonds is 28. The van der Waals surface area contributed by atoms with Crippen LogP contribution in [0.25, 0.3) is 0 Å². The van der Waals surface area contributed by atoms with Gasteiger partial charge in [-0.15, -0.1) is 0 Å². The molecule has 0 fully saturated rings. The predicted octanol–water partition coefficient (Wildman–Crippen LogP) is 6.69. The Bertz CT molecular complexity index is 318. The Morgan fingerprint density at radius 1 is 0.303 bits per heavy atom. The summed E-state index contributed by atoms with van der Waals surface area (Å²) in [6, 6.07) is 0. The molecule has 0 aliphatic heterocycles. The molecule has 0 saturated heterocycles. The Balaban J connectivity index is 0. The normalized spacial score (nSPS) is 11.3. The van der Waals surface area contributed by atoms with Crippen molar-refractivity contribution in [2.75, 3.05) is 20.6 Å². The number of unbranched alkanes of at least 4 members (excludes halogenated alkanes) is 26. The summed E-state index contributed by atoms with van der Waals surface area (Å²) in [5.74, 6) is 0. The van der Waals surface area contributed by atoms with Gasteiger partial charge in [0.1, 0.15) is 0 Å². The number of hydrogen-bond acceptors (Lipinski definition) is 0. The third-order valence-corrected chi connectivity index (χ3v) is 7.28. The quantitative estimate of drug-likeness (QED) is 0.117. The second kappa shape index (κ2) is 32.2. The highest BCUT2D eigenvalue weighted by Gasteiger charge is 1.97. The Labute approximate surface area is 218 Å². The first-order valence-electron chi connectivity index (χ1n) is 15.6. The summed E-state index contributed by atoms with van der Waals surface area (Å²) >= 11 is 0. The van der Waals surface area contributed by atoms with Crippen molar-refractivity contribution in [2.24, 2.45) is 0 Å². The molecule has 0 aromatic heterocycles. The zero-order valence-corrected chi connectivity index (χ0v) is 24.4. The molecular weight excluding hydrogens is 422 g/mol. The van der Waals surface area contributed by atoms with E-state index < -0.39 is 0 Å². The van der Waals surface area contributed by atoms with Crippen LogP contribution in [0, 0.1) is 0 Å². The highest BCUT2D eigenvalue weighted by molar-refractivity contribution is 4.52. The van der Waals surface area contributed by atoms with Crippen LogP contribution in [0.1, 0.15) is 180 Å². The van der Waals surface area contributed by atoms with E-state index in [1.807, 2.05) is 0 Å². The maximum absolute atomic E-state index is 2.31. The van der Waals surface area contributed by atoms with Crippen LogP contribution in [0.15, 0.2) is 0 Å². The third kappa shape index (κ3) is 34.5. The van der Waals surface area contributed by atoms with E-state index in [2.05, 4.69) is 21.0 Å². The largest absolute Gasteiger partial charge is 1.00 e. The van der Waals surface area contributed by atoms with Crippen molar-refractivity contribution >= 4 is 0 Å². The minimum Gasteiger partial charge on any atom is -1.00 e. The van der Waals surface area contributed by atoms with E-state index in [1.54, 1.807) is 4.90 Å². The summed E-state index contributed by atoms with van der Waals surface area (Å²) in [6.45, 7) is 3.65. The first-order chi connectivity index (χ1) is 15.8. The van der Waals surface area contributed by atoms with Gasteiger partial charge in [-0.25, -0.2) is 0 Å². The molecule has 0 radical (unpaired) electrons. The molecule has 0 atom stereocenters. The fraction of sp³-hybridized carbons (Fsp3) is 1.00. The van der Waals surface area contributed by atoms with Gasteiger partial charge < -0.3 is 17.3 Å². The van der Waals surface area contributed by atoms with Gasteiger partial charge in [0.2, 0.25) is 0 Å². The van der Waals surface area contributed by atoms with E-state index in [0.717, 1.165) is 0 Å². The Morgan fingerprint density at radius 2 is 0.485 bits per heavy atom. The lowest BCUT2D eigenvalue weighted by atomic mass is 10.0. The van der Waals surface area contributed by atoms with Crippen LogP contribution >= 0.6 is 0 Å². The molecule has 0 spiro atoms. The van der Waals surface area contributed by atoms with Crippen molar-refractivity contribution < 1.29 is 17.3 Å². The molecule has 0 rings (SSSR count). The average Bonchev–Trinajstić information content (AvgIpc) is 2.78. The molecule has 0 aromatic rings. The molecule has 1 N–H and O–H groups in total. The Kier molecular flexibility index (Phi) is 34.6. The van der Waals surface area contributed by atoms with Crippen LogP contribution < -0.4 is 17.3 Å². The van der Waals surface area contributed by atoms with Crippen LogP contribution in [0.5, 0.6) is 0 Å². The number of halogens is 1. The SMILES string of the molecule is CCCCCCCCCCCCCCCCCCCCCCCCCCCCC[NH+](C)C.[Cl-]. The lowest BCUT2D eigenvalue weighted by Crippen LogP contribution is -3.05. The first-order valence-corrected chi connectivity index (χ1v) is 15.6. The minimum atomic E-state index is 0. The maximum atomic E-state index is 2.31. The molecule has 33 heavy (non-hydrogen) atoms. The number of nitrogens with one attached hydrogen (secondary N) is 1. The van der Waals surface area contributed by atoms with Gasteiger partial charge in [0.15, 0.2) is 0 Å². The smallest absolute Gasteiger partial charge is 0.0766 e. The molecular formula is C31H66ClN. The van der Waals surface area contributed by atoms with Gasteiger partial charge in [0.05, 0.1) is 20.6 Å². The Morgan fingerprint density at radius 3 is 0.667 bits per heavy atom. The highest BCUT2D eigenvalue weighted by atomic mass is 35.5. The number of hydrogen-bond donors (Lipinski definition) is 1. The average molecular weight is 488 g/mol. The predicted molar refractivity (Wildman–Crippen MR) is 148 cm³/mol. The summed E-state index contributed by atoms with van der Waals surface area (Å²) in [4.78, 5) is 1.60. The third-order valence-electron chi connectivity index (χ3n) is 7.28. The topological polar surface area (TPSA) is 4.44 Å². The molecule has 202 valence electrons. The molecule has 0 unspecified atom stereocenters. The van der Waals surface area contributed by atoms with E-state index >= 15 is 0 Å². The highest BCUT2D eigenvalue weighted by Crippen LogP contribution is 2.16. The van der Waals surface area contributed by atoms with Crippen LogP contribution in [0.3, 0.4) is 0 Å². The van der Waals surface area contributed by atoms with Crippen molar-refractivity contribution in [3.05, 3.63) is 0 Å². The minimum absolute atomic E-state index is 0. The second-order valence-corrected chi connectivity index (χ2v) is 11.1. The molecule has 0 heterocycles. The van der Waals surface area contributed by atoms with E-state index in [9.17, 15) is 0 Å². The zero-order valence-electron chi connectivity index (χ0n) is 23.7.